The molecule has 1 heterocycles. The average molecular weight is 383 g/mol. The zero-order valence-corrected chi connectivity index (χ0v) is 15.5. The molecule has 1 aromatic heterocycles. The molecule has 0 saturated carbocycles. The second kappa shape index (κ2) is 7.01. The maximum absolute atomic E-state index is 4.58. The number of anilines is 4. The Hall–Kier alpha value is -2.40. The standard InChI is InChI=1S/C19H19BrN4/c1-12-5-4-6-13(2)18(12)23-17-11-14(3)21-19(24-17)22-16-9-7-15(20)8-10-16/h4-11H,1-3H3,(H2,21,22,23,24). The largest absolute Gasteiger partial charge is 0.340 e. The van der Waals surface area contributed by atoms with Gasteiger partial charge in [-0.25, -0.2) is 4.98 Å². The van der Waals surface area contributed by atoms with Crippen molar-refractivity contribution in [2.24, 2.45) is 0 Å². The Labute approximate surface area is 150 Å². The van der Waals surface area contributed by atoms with Crippen LogP contribution >= 0.6 is 15.9 Å². The van der Waals surface area contributed by atoms with Crippen molar-refractivity contribution >= 4 is 39.1 Å². The fourth-order valence-corrected chi connectivity index (χ4v) is 2.75. The first kappa shape index (κ1) is 16.5. The van der Waals surface area contributed by atoms with Crippen LogP contribution in [0.25, 0.3) is 0 Å². The molecule has 0 aliphatic heterocycles. The van der Waals surface area contributed by atoms with Crippen LogP contribution in [0.5, 0.6) is 0 Å². The molecule has 3 rings (SSSR count). The van der Waals surface area contributed by atoms with Crippen molar-refractivity contribution in [3.05, 3.63) is 69.8 Å². The van der Waals surface area contributed by atoms with Crippen molar-refractivity contribution in [3.63, 3.8) is 0 Å². The number of hydrogen-bond donors (Lipinski definition) is 2. The Morgan fingerprint density at radius 3 is 2.17 bits per heavy atom. The summed E-state index contributed by atoms with van der Waals surface area (Å²) >= 11 is 3.44. The highest BCUT2D eigenvalue weighted by Gasteiger charge is 2.07. The van der Waals surface area contributed by atoms with E-state index in [1.54, 1.807) is 0 Å². The summed E-state index contributed by atoms with van der Waals surface area (Å²) in [5.41, 5.74) is 5.31. The summed E-state index contributed by atoms with van der Waals surface area (Å²) < 4.78 is 1.04. The highest BCUT2D eigenvalue weighted by molar-refractivity contribution is 9.10. The minimum atomic E-state index is 0.575. The number of hydrogen-bond acceptors (Lipinski definition) is 4. The highest BCUT2D eigenvalue weighted by Crippen LogP contribution is 2.25. The van der Waals surface area contributed by atoms with Crippen LogP contribution in [0.4, 0.5) is 23.1 Å². The van der Waals surface area contributed by atoms with Gasteiger partial charge in [-0.15, -0.1) is 0 Å². The van der Waals surface area contributed by atoms with E-state index in [2.05, 4.69) is 68.6 Å². The third kappa shape index (κ3) is 3.92. The Bertz CT molecular complexity index is 839. The van der Waals surface area contributed by atoms with Crippen LogP contribution in [-0.4, -0.2) is 9.97 Å². The maximum Gasteiger partial charge on any atom is 0.229 e. The molecule has 2 aromatic carbocycles. The Morgan fingerprint density at radius 2 is 1.50 bits per heavy atom. The topological polar surface area (TPSA) is 49.8 Å². The molecule has 2 N–H and O–H groups in total. The van der Waals surface area contributed by atoms with E-state index in [0.29, 0.717) is 5.95 Å². The van der Waals surface area contributed by atoms with Crippen LogP contribution in [0.1, 0.15) is 16.8 Å². The quantitative estimate of drug-likeness (QED) is 0.611. The minimum Gasteiger partial charge on any atom is -0.340 e. The van der Waals surface area contributed by atoms with Crippen LogP contribution in [0.15, 0.2) is 53.0 Å². The number of aromatic nitrogens is 2. The molecule has 5 heteroatoms. The number of para-hydroxylation sites is 1. The van der Waals surface area contributed by atoms with E-state index in [0.717, 1.165) is 27.4 Å². The summed E-state index contributed by atoms with van der Waals surface area (Å²) in [4.78, 5) is 9.05. The van der Waals surface area contributed by atoms with Gasteiger partial charge in [0.05, 0.1) is 0 Å². The van der Waals surface area contributed by atoms with Crippen LogP contribution < -0.4 is 10.6 Å². The van der Waals surface area contributed by atoms with Crippen molar-refractivity contribution in [2.45, 2.75) is 20.8 Å². The van der Waals surface area contributed by atoms with Gasteiger partial charge in [-0.3, -0.25) is 0 Å². The zero-order valence-electron chi connectivity index (χ0n) is 13.9. The smallest absolute Gasteiger partial charge is 0.229 e. The van der Waals surface area contributed by atoms with Gasteiger partial charge < -0.3 is 10.6 Å². The molecule has 0 bridgehead atoms. The first-order valence-electron chi connectivity index (χ1n) is 7.73. The van der Waals surface area contributed by atoms with Crippen LogP contribution in [0.2, 0.25) is 0 Å². The number of rotatable bonds is 4. The minimum absolute atomic E-state index is 0.575. The summed E-state index contributed by atoms with van der Waals surface area (Å²) in [7, 11) is 0. The Kier molecular flexibility index (Phi) is 4.81. The first-order valence-corrected chi connectivity index (χ1v) is 8.52. The van der Waals surface area contributed by atoms with E-state index in [9.17, 15) is 0 Å². The van der Waals surface area contributed by atoms with Gasteiger partial charge >= 0.3 is 0 Å². The predicted octanol–water partition coefficient (Wildman–Crippen LogP) is 5.65. The average Bonchev–Trinajstić information content (AvgIpc) is 2.53. The zero-order chi connectivity index (χ0) is 17.1. The molecule has 0 atom stereocenters. The van der Waals surface area contributed by atoms with Crippen LogP contribution in [-0.2, 0) is 0 Å². The second-order valence-corrected chi connectivity index (χ2v) is 6.66. The highest BCUT2D eigenvalue weighted by atomic mass is 79.9. The predicted molar refractivity (Wildman–Crippen MR) is 103 cm³/mol. The van der Waals surface area contributed by atoms with Crippen molar-refractivity contribution in [1.82, 2.24) is 9.97 Å². The Morgan fingerprint density at radius 1 is 0.833 bits per heavy atom. The third-order valence-corrected chi connectivity index (χ3v) is 4.22. The molecule has 0 aliphatic carbocycles. The molecule has 3 aromatic rings. The first-order chi connectivity index (χ1) is 11.5. The summed E-state index contributed by atoms with van der Waals surface area (Å²) in [6.45, 7) is 6.14. The molecule has 0 spiro atoms. The number of nitrogens with one attached hydrogen (secondary N) is 2. The van der Waals surface area contributed by atoms with Gasteiger partial charge in [0, 0.05) is 27.6 Å². The lowest BCUT2D eigenvalue weighted by Gasteiger charge is -2.13. The van der Waals surface area contributed by atoms with Gasteiger partial charge in [-0.2, -0.15) is 4.98 Å². The molecular formula is C19H19BrN4. The monoisotopic (exact) mass is 382 g/mol. The van der Waals surface area contributed by atoms with Crippen LogP contribution in [0.3, 0.4) is 0 Å². The number of benzene rings is 2. The maximum atomic E-state index is 4.58. The molecule has 4 nitrogen and oxygen atoms in total. The van der Waals surface area contributed by atoms with Gasteiger partial charge in [0.25, 0.3) is 0 Å². The van der Waals surface area contributed by atoms with Crippen molar-refractivity contribution in [3.8, 4) is 0 Å². The molecule has 0 fully saturated rings. The van der Waals surface area contributed by atoms with Crippen molar-refractivity contribution in [1.29, 1.82) is 0 Å². The summed E-state index contributed by atoms with van der Waals surface area (Å²) in [5, 5.41) is 6.66. The molecule has 0 radical (unpaired) electrons. The van der Waals surface area contributed by atoms with E-state index in [4.69, 9.17) is 0 Å². The lowest BCUT2D eigenvalue weighted by atomic mass is 10.1. The molecule has 0 aliphatic rings. The fraction of sp³-hybridized carbons (Fsp3) is 0.158. The van der Waals surface area contributed by atoms with Gasteiger partial charge in [0.15, 0.2) is 0 Å². The molecule has 0 saturated heterocycles. The number of aryl methyl sites for hydroxylation is 3. The molecule has 122 valence electrons. The number of halogens is 1. The lowest BCUT2D eigenvalue weighted by molar-refractivity contribution is 1.10. The molecule has 0 unspecified atom stereocenters. The van der Waals surface area contributed by atoms with Crippen LogP contribution in [0, 0.1) is 20.8 Å². The van der Waals surface area contributed by atoms with Gasteiger partial charge in [0.2, 0.25) is 5.95 Å². The molecule has 24 heavy (non-hydrogen) atoms. The van der Waals surface area contributed by atoms with Gasteiger partial charge in [-0.1, -0.05) is 34.1 Å². The van der Waals surface area contributed by atoms with Gasteiger partial charge in [0.1, 0.15) is 5.82 Å². The Balaban J connectivity index is 1.87. The SMILES string of the molecule is Cc1cc(Nc2c(C)cccc2C)nc(Nc2ccc(Br)cc2)n1. The third-order valence-electron chi connectivity index (χ3n) is 3.69. The van der Waals surface area contributed by atoms with E-state index < -0.39 is 0 Å². The van der Waals surface area contributed by atoms with Crippen molar-refractivity contribution in [2.75, 3.05) is 10.6 Å². The molecule has 0 amide bonds. The van der Waals surface area contributed by atoms with E-state index >= 15 is 0 Å². The second-order valence-electron chi connectivity index (χ2n) is 5.74. The van der Waals surface area contributed by atoms with E-state index in [1.807, 2.05) is 37.3 Å². The van der Waals surface area contributed by atoms with Gasteiger partial charge in [-0.05, 0) is 56.2 Å². The summed E-state index contributed by atoms with van der Waals surface area (Å²) in [6.07, 6.45) is 0. The summed E-state index contributed by atoms with van der Waals surface area (Å²) in [6, 6.07) is 16.1. The lowest BCUT2D eigenvalue weighted by Crippen LogP contribution is -2.03. The number of nitrogens with zero attached hydrogens (tertiary/aromatic N) is 2. The molecular weight excluding hydrogens is 364 g/mol. The van der Waals surface area contributed by atoms with Crippen molar-refractivity contribution < 1.29 is 0 Å². The van der Waals surface area contributed by atoms with E-state index in [1.165, 1.54) is 11.1 Å². The normalized spacial score (nSPS) is 10.5. The van der Waals surface area contributed by atoms with E-state index in [-0.39, 0.29) is 0 Å². The summed E-state index contributed by atoms with van der Waals surface area (Å²) in [5.74, 6) is 1.35. The fourth-order valence-electron chi connectivity index (χ4n) is 2.49.